The SMILES string of the molecule is CSCC[C@H](NC(=O)C1CC(=O)N(C)C1)c1nc2ccccc2[nH]1. The first-order valence-electron chi connectivity index (χ1n) is 8.06. The van der Waals surface area contributed by atoms with E-state index in [0.29, 0.717) is 6.54 Å². The number of thioether (sulfide) groups is 1. The van der Waals surface area contributed by atoms with E-state index in [4.69, 9.17) is 0 Å². The van der Waals surface area contributed by atoms with Crippen LogP contribution < -0.4 is 5.32 Å². The second-order valence-corrected chi connectivity index (χ2v) is 7.14. The molecule has 128 valence electrons. The Labute approximate surface area is 145 Å². The van der Waals surface area contributed by atoms with Crippen molar-refractivity contribution in [3.8, 4) is 0 Å². The fourth-order valence-electron chi connectivity index (χ4n) is 2.98. The van der Waals surface area contributed by atoms with Gasteiger partial charge in [-0.1, -0.05) is 12.1 Å². The van der Waals surface area contributed by atoms with Gasteiger partial charge in [0.1, 0.15) is 5.82 Å². The molecule has 6 nitrogen and oxygen atoms in total. The number of hydrogen-bond acceptors (Lipinski definition) is 4. The molecule has 0 spiro atoms. The van der Waals surface area contributed by atoms with Crippen LogP contribution in [-0.2, 0) is 9.59 Å². The Kier molecular flexibility index (Phi) is 5.08. The molecule has 2 amide bonds. The molecule has 3 rings (SSSR count). The fourth-order valence-corrected chi connectivity index (χ4v) is 3.45. The minimum absolute atomic E-state index is 0.0274. The molecule has 1 aliphatic heterocycles. The molecule has 1 unspecified atom stereocenters. The van der Waals surface area contributed by atoms with Crippen molar-refractivity contribution in [1.29, 1.82) is 0 Å². The lowest BCUT2D eigenvalue weighted by atomic mass is 10.1. The number of benzene rings is 1. The van der Waals surface area contributed by atoms with Crippen LogP contribution in [0, 0.1) is 5.92 Å². The number of likely N-dealkylation sites (tertiary alicyclic amines) is 1. The number of para-hydroxylation sites is 2. The molecule has 24 heavy (non-hydrogen) atoms. The first kappa shape index (κ1) is 16.8. The van der Waals surface area contributed by atoms with Gasteiger partial charge in [-0.05, 0) is 30.6 Å². The maximum absolute atomic E-state index is 12.6. The number of carbonyl (C=O) groups is 2. The maximum Gasteiger partial charge on any atom is 0.226 e. The number of aromatic nitrogens is 2. The van der Waals surface area contributed by atoms with Gasteiger partial charge in [-0.2, -0.15) is 11.8 Å². The number of aromatic amines is 1. The molecule has 0 aliphatic carbocycles. The molecule has 2 N–H and O–H groups in total. The first-order valence-corrected chi connectivity index (χ1v) is 9.45. The Morgan fingerprint density at radius 1 is 1.50 bits per heavy atom. The van der Waals surface area contributed by atoms with E-state index in [2.05, 4.69) is 15.3 Å². The van der Waals surface area contributed by atoms with Crippen LogP contribution in [0.2, 0.25) is 0 Å². The van der Waals surface area contributed by atoms with Crippen molar-refractivity contribution in [3.05, 3.63) is 30.1 Å². The number of imidazole rings is 1. The number of H-pyrrole nitrogens is 1. The van der Waals surface area contributed by atoms with Crippen LogP contribution in [0.5, 0.6) is 0 Å². The molecule has 2 atom stereocenters. The van der Waals surface area contributed by atoms with Gasteiger partial charge in [0.05, 0.1) is 23.0 Å². The largest absolute Gasteiger partial charge is 0.346 e. The van der Waals surface area contributed by atoms with Gasteiger partial charge in [0.15, 0.2) is 0 Å². The molecule has 1 aromatic heterocycles. The van der Waals surface area contributed by atoms with E-state index in [1.165, 1.54) is 0 Å². The van der Waals surface area contributed by atoms with E-state index in [1.54, 1.807) is 23.7 Å². The lowest BCUT2D eigenvalue weighted by Gasteiger charge is -2.18. The molecular weight excluding hydrogens is 324 g/mol. The van der Waals surface area contributed by atoms with Gasteiger partial charge in [-0.3, -0.25) is 9.59 Å². The number of nitrogens with zero attached hydrogens (tertiary/aromatic N) is 2. The number of amides is 2. The molecular formula is C17H22N4O2S. The van der Waals surface area contributed by atoms with E-state index < -0.39 is 0 Å². The Morgan fingerprint density at radius 3 is 2.96 bits per heavy atom. The summed E-state index contributed by atoms with van der Waals surface area (Å²) in [4.78, 5) is 33.8. The fraction of sp³-hybridized carbons (Fsp3) is 0.471. The molecule has 1 saturated heterocycles. The van der Waals surface area contributed by atoms with Crippen LogP contribution in [0.15, 0.2) is 24.3 Å². The van der Waals surface area contributed by atoms with Gasteiger partial charge in [0.25, 0.3) is 0 Å². The van der Waals surface area contributed by atoms with Gasteiger partial charge >= 0.3 is 0 Å². The van der Waals surface area contributed by atoms with Gasteiger partial charge < -0.3 is 15.2 Å². The van der Waals surface area contributed by atoms with Crippen LogP contribution in [0.1, 0.15) is 24.7 Å². The van der Waals surface area contributed by atoms with Gasteiger partial charge in [-0.25, -0.2) is 4.98 Å². The van der Waals surface area contributed by atoms with Crippen molar-refractivity contribution < 1.29 is 9.59 Å². The highest BCUT2D eigenvalue weighted by Crippen LogP contribution is 2.22. The van der Waals surface area contributed by atoms with Gasteiger partial charge in [-0.15, -0.1) is 0 Å². The summed E-state index contributed by atoms with van der Waals surface area (Å²) >= 11 is 1.74. The summed E-state index contributed by atoms with van der Waals surface area (Å²) < 4.78 is 0. The number of carbonyl (C=O) groups excluding carboxylic acids is 2. The van der Waals surface area contributed by atoms with Crippen molar-refractivity contribution in [2.75, 3.05) is 25.6 Å². The van der Waals surface area contributed by atoms with Gasteiger partial charge in [0.2, 0.25) is 11.8 Å². The molecule has 2 heterocycles. The normalized spacial score (nSPS) is 19.0. The Morgan fingerprint density at radius 2 is 2.29 bits per heavy atom. The molecule has 2 aromatic rings. The van der Waals surface area contributed by atoms with Crippen molar-refractivity contribution in [3.63, 3.8) is 0 Å². The molecule has 0 bridgehead atoms. The number of hydrogen-bond donors (Lipinski definition) is 2. The van der Waals surface area contributed by atoms with Crippen molar-refractivity contribution in [2.45, 2.75) is 18.9 Å². The standard InChI is InChI=1S/C17H22N4O2S/c1-21-10-11(9-15(21)22)17(23)20-14(7-8-24-2)16-18-12-5-3-4-6-13(12)19-16/h3-6,11,14H,7-10H2,1-2H3,(H,18,19)(H,20,23)/t11?,14-/m0/s1. The topological polar surface area (TPSA) is 78.1 Å². The minimum atomic E-state index is -0.274. The summed E-state index contributed by atoms with van der Waals surface area (Å²) in [5.41, 5.74) is 1.86. The Hall–Kier alpha value is -2.02. The van der Waals surface area contributed by atoms with Crippen LogP contribution in [0.25, 0.3) is 11.0 Å². The smallest absolute Gasteiger partial charge is 0.226 e. The molecule has 1 fully saturated rings. The Bertz CT molecular complexity index is 712. The molecule has 0 radical (unpaired) electrons. The van der Waals surface area contributed by atoms with E-state index >= 15 is 0 Å². The predicted octanol–water partition coefficient (Wildman–Crippen LogP) is 1.95. The molecule has 1 aliphatic rings. The maximum atomic E-state index is 12.6. The molecule has 7 heteroatoms. The van der Waals surface area contributed by atoms with Crippen molar-refractivity contribution >= 4 is 34.6 Å². The van der Waals surface area contributed by atoms with Crippen LogP contribution in [-0.4, -0.2) is 52.3 Å². The monoisotopic (exact) mass is 346 g/mol. The third-order valence-electron chi connectivity index (χ3n) is 4.38. The summed E-state index contributed by atoms with van der Waals surface area (Å²) in [6, 6.07) is 7.66. The third-order valence-corrected chi connectivity index (χ3v) is 5.02. The zero-order chi connectivity index (χ0) is 17.1. The summed E-state index contributed by atoms with van der Waals surface area (Å²) in [5, 5.41) is 3.09. The zero-order valence-corrected chi connectivity index (χ0v) is 14.7. The summed E-state index contributed by atoms with van der Waals surface area (Å²) in [6.45, 7) is 0.486. The van der Waals surface area contributed by atoms with E-state index in [9.17, 15) is 9.59 Å². The third kappa shape index (κ3) is 3.56. The first-order chi connectivity index (χ1) is 11.6. The lowest BCUT2D eigenvalue weighted by molar-refractivity contribution is -0.128. The number of nitrogens with one attached hydrogen (secondary N) is 2. The van der Waals surface area contributed by atoms with Crippen LogP contribution >= 0.6 is 11.8 Å². The highest BCUT2D eigenvalue weighted by atomic mass is 32.2. The van der Waals surface area contributed by atoms with Crippen molar-refractivity contribution in [2.24, 2.45) is 5.92 Å². The summed E-state index contributed by atoms with van der Waals surface area (Å²) in [6.07, 6.45) is 3.13. The van der Waals surface area contributed by atoms with Gasteiger partial charge in [0, 0.05) is 20.0 Å². The van der Waals surface area contributed by atoms with E-state index in [1.807, 2.05) is 30.5 Å². The number of fused-ring (bicyclic) bond motifs is 1. The van der Waals surface area contributed by atoms with E-state index in [0.717, 1.165) is 29.0 Å². The Balaban J connectivity index is 1.76. The average Bonchev–Trinajstić information content (AvgIpc) is 3.15. The predicted molar refractivity (Wildman–Crippen MR) is 95.7 cm³/mol. The van der Waals surface area contributed by atoms with Crippen molar-refractivity contribution in [1.82, 2.24) is 20.2 Å². The minimum Gasteiger partial charge on any atom is -0.346 e. The second-order valence-electron chi connectivity index (χ2n) is 6.16. The zero-order valence-electron chi connectivity index (χ0n) is 13.9. The van der Waals surface area contributed by atoms with Crippen LogP contribution in [0.3, 0.4) is 0 Å². The summed E-state index contributed by atoms with van der Waals surface area (Å²) in [7, 11) is 1.74. The molecule has 0 saturated carbocycles. The quantitative estimate of drug-likeness (QED) is 0.838. The second kappa shape index (κ2) is 7.25. The lowest BCUT2D eigenvalue weighted by Crippen LogP contribution is -2.35. The number of rotatable bonds is 6. The highest BCUT2D eigenvalue weighted by Gasteiger charge is 2.33. The van der Waals surface area contributed by atoms with Crippen LogP contribution in [0.4, 0.5) is 0 Å². The summed E-state index contributed by atoms with van der Waals surface area (Å²) in [5.74, 6) is 1.38. The highest BCUT2D eigenvalue weighted by molar-refractivity contribution is 7.98. The van der Waals surface area contributed by atoms with E-state index in [-0.39, 0.29) is 30.2 Å². The average molecular weight is 346 g/mol. The molecule has 1 aromatic carbocycles.